The Kier molecular flexibility index (Phi) is 11.7. The lowest BCUT2D eigenvalue weighted by molar-refractivity contribution is -0.00204. The van der Waals surface area contributed by atoms with Crippen LogP contribution in [0.3, 0.4) is 0 Å². The smallest absolute Gasteiger partial charge is 0.152 e. The number of nitrogens with two attached hydrogens (primary N) is 1. The SMILES string of the molecule is Cc1c(CN2CCS(=O)(=O)CC2)nnn1CCOCCOCCOCCOCCN. The van der Waals surface area contributed by atoms with Crippen molar-refractivity contribution in [3.63, 3.8) is 0 Å². The summed E-state index contributed by atoms with van der Waals surface area (Å²) in [7, 11) is -2.87. The van der Waals surface area contributed by atoms with Crippen LogP contribution in [-0.2, 0) is 41.9 Å². The lowest BCUT2D eigenvalue weighted by atomic mass is 10.3. The van der Waals surface area contributed by atoms with Gasteiger partial charge in [0.05, 0.1) is 82.3 Å². The summed E-state index contributed by atoms with van der Waals surface area (Å²) in [6, 6.07) is 0. The van der Waals surface area contributed by atoms with E-state index in [1.807, 2.05) is 11.6 Å². The molecule has 0 amide bonds. The van der Waals surface area contributed by atoms with Gasteiger partial charge in [-0.15, -0.1) is 5.10 Å². The second-order valence-corrected chi connectivity index (χ2v) is 9.31. The van der Waals surface area contributed by atoms with Gasteiger partial charge in [0.1, 0.15) is 0 Å². The van der Waals surface area contributed by atoms with Gasteiger partial charge in [-0.3, -0.25) is 4.90 Å². The highest BCUT2D eigenvalue weighted by Crippen LogP contribution is 2.11. The lowest BCUT2D eigenvalue weighted by Gasteiger charge is -2.25. The zero-order chi connectivity index (χ0) is 21.7. The number of rotatable bonds is 16. The number of hydrogen-bond donors (Lipinski definition) is 1. The molecule has 30 heavy (non-hydrogen) atoms. The van der Waals surface area contributed by atoms with Gasteiger partial charge >= 0.3 is 0 Å². The molecule has 1 aliphatic rings. The maximum absolute atomic E-state index is 11.5. The molecular weight excluding hydrogens is 414 g/mol. The van der Waals surface area contributed by atoms with Crippen LogP contribution >= 0.6 is 0 Å². The number of nitrogens with zero attached hydrogens (tertiary/aromatic N) is 4. The zero-order valence-corrected chi connectivity index (χ0v) is 18.6. The number of ether oxygens (including phenoxy) is 4. The van der Waals surface area contributed by atoms with Crippen molar-refractivity contribution in [3.8, 4) is 0 Å². The zero-order valence-electron chi connectivity index (χ0n) is 17.8. The van der Waals surface area contributed by atoms with Crippen LogP contribution in [0.5, 0.6) is 0 Å². The molecule has 0 bridgehead atoms. The number of hydrogen-bond acceptors (Lipinski definition) is 10. The molecule has 0 atom stereocenters. The largest absolute Gasteiger partial charge is 0.378 e. The monoisotopic (exact) mass is 449 g/mol. The number of sulfone groups is 1. The molecule has 2 N–H and O–H groups in total. The lowest BCUT2D eigenvalue weighted by Crippen LogP contribution is -2.39. The van der Waals surface area contributed by atoms with Crippen molar-refractivity contribution in [2.45, 2.75) is 20.0 Å². The molecule has 1 aromatic rings. The van der Waals surface area contributed by atoms with Crippen molar-refractivity contribution >= 4 is 9.84 Å². The fraction of sp³-hybridized carbons (Fsp3) is 0.889. The average Bonchev–Trinajstić information content (AvgIpc) is 3.06. The van der Waals surface area contributed by atoms with Crippen molar-refractivity contribution in [1.29, 1.82) is 0 Å². The van der Waals surface area contributed by atoms with Crippen molar-refractivity contribution < 1.29 is 27.4 Å². The Balaban J connectivity index is 1.49. The first kappa shape index (κ1) is 25.1. The van der Waals surface area contributed by atoms with E-state index >= 15 is 0 Å². The minimum absolute atomic E-state index is 0.214. The third-order valence-electron chi connectivity index (χ3n) is 4.71. The predicted molar refractivity (Wildman–Crippen MR) is 111 cm³/mol. The second kappa shape index (κ2) is 14.0. The maximum atomic E-state index is 11.5. The van der Waals surface area contributed by atoms with E-state index in [0.29, 0.717) is 85.6 Å². The minimum atomic E-state index is -2.87. The minimum Gasteiger partial charge on any atom is -0.378 e. The van der Waals surface area contributed by atoms with E-state index in [4.69, 9.17) is 24.7 Å². The van der Waals surface area contributed by atoms with E-state index in [1.165, 1.54) is 0 Å². The molecule has 1 saturated heterocycles. The molecule has 0 saturated carbocycles. The van der Waals surface area contributed by atoms with Gasteiger partial charge in [-0.05, 0) is 6.92 Å². The quantitative estimate of drug-likeness (QED) is 0.308. The highest BCUT2D eigenvalue weighted by atomic mass is 32.2. The van der Waals surface area contributed by atoms with E-state index in [2.05, 4.69) is 15.2 Å². The van der Waals surface area contributed by atoms with Crippen LogP contribution in [0.1, 0.15) is 11.4 Å². The van der Waals surface area contributed by atoms with Gasteiger partial charge < -0.3 is 24.7 Å². The van der Waals surface area contributed by atoms with Crippen molar-refractivity contribution in [3.05, 3.63) is 11.4 Å². The highest BCUT2D eigenvalue weighted by Gasteiger charge is 2.23. The van der Waals surface area contributed by atoms with E-state index < -0.39 is 9.84 Å². The standard InChI is InChI=1S/C18H35N5O6S/c1-17-18(16-22-4-14-30(24,25)15-5-22)20-21-23(17)3-7-27-9-11-29-13-12-28-10-8-26-6-2-19/h2-16,19H2,1H3. The Morgan fingerprint density at radius 1 is 0.900 bits per heavy atom. The molecule has 0 aliphatic carbocycles. The van der Waals surface area contributed by atoms with Gasteiger partial charge in [0.15, 0.2) is 9.84 Å². The van der Waals surface area contributed by atoms with Crippen molar-refractivity contribution in [1.82, 2.24) is 19.9 Å². The Hall–Kier alpha value is -1.15. The summed E-state index contributed by atoms with van der Waals surface area (Å²) in [6.07, 6.45) is 0. The molecule has 0 spiro atoms. The van der Waals surface area contributed by atoms with Crippen LogP contribution in [-0.4, -0.2) is 112 Å². The van der Waals surface area contributed by atoms with Gasteiger partial charge in [0.25, 0.3) is 0 Å². The number of aromatic nitrogens is 3. The molecular formula is C18H35N5O6S. The first-order valence-corrected chi connectivity index (χ1v) is 12.2. The normalized spacial score (nSPS) is 16.9. The summed E-state index contributed by atoms with van der Waals surface area (Å²) >= 11 is 0. The Morgan fingerprint density at radius 2 is 1.43 bits per heavy atom. The third kappa shape index (κ3) is 9.77. The van der Waals surface area contributed by atoms with Crippen LogP contribution < -0.4 is 5.73 Å². The van der Waals surface area contributed by atoms with Gasteiger partial charge in [-0.1, -0.05) is 5.21 Å². The molecule has 12 heteroatoms. The fourth-order valence-corrected chi connectivity index (χ4v) is 4.15. The van der Waals surface area contributed by atoms with Gasteiger partial charge in [-0.25, -0.2) is 13.1 Å². The summed E-state index contributed by atoms with van der Waals surface area (Å²) in [5, 5.41) is 8.42. The summed E-state index contributed by atoms with van der Waals surface area (Å²) in [5.74, 6) is 0.427. The molecule has 11 nitrogen and oxygen atoms in total. The third-order valence-corrected chi connectivity index (χ3v) is 6.32. The molecule has 0 unspecified atom stereocenters. The molecule has 0 aromatic carbocycles. The fourth-order valence-electron chi connectivity index (χ4n) is 2.87. The molecule has 2 rings (SSSR count). The molecule has 2 heterocycles. The molecule has 1 fully saturated rings. The Morgan fingerprint density at radius 3 is 2.00 bits per heavy atom. The molecule has 0 radical (unpaired) electrons. The predicted octanol–water partition coefficient (Wildman–Crippen LogP) is -1.16. The maximum Gasteiger partial charge on any atom is 0.152 e. The average molecular weight is 450 g/mol. The summed E-state index contributed by atoms with van der Waals surface area (Å²) in [4.78, 5) is 2.10. The van der Waals surface area contributed by atoms with Crippen LogP contribution in [0, 0.1) is 6.92 Å². The van der Waals surface area contributed by atoms with Gasteiger partial charge in [-0.2, -0.15) is 0 Å². The van der Waals surface area contributed by atoms with Crippen LogP contribution in [0.15, 0.2) is 0 Å². The second-order valence-electron chi connectivity index (χ2n) is 7.01. The van der Waals surface area contributed by atoms with Gasteiger partial charge in [0, 0.05) is 26.2 Å². The Bertz CT molecular complexity index is 685. The highest BCUT2D eigenvalue weighted by molar-refractivity contribution is 7.91. The summed E-state index contributed by atoms with van der Waals surface area (Å²) in [5.41, 5.74) is 7.18. The van der Waals surface area contributed by atoms with Crippen LogP contribution in [0.2, 0.25) is 0 Å². The van der Waals surface area contributed by atoms with E-state index in [-0.39, 0.29) is 11.5 Å². The topological polar surface area (TPSA) is 131 Å². The first-order chi connectivity index (χ1) is 14.5. The van der Waals surface area contributed by atoms with Gasteiger partial charge in [0.2, 0.25) is 0 Å². The summed E-state index contributed by atoms with van der Waals surface area (Å²) < 4.78 is 46.5. The molecule has 1 aliphatic heterocycles. The van der Waals surface area contributed by atoms with E-state index in [0.717, 1.165) is 11.4 Å². The van der Waals surface area contributed by atoms with E-state index in [1.54, 1.807) is 0 Å². The summed E-state index contributed by atoms with van der Waals surface area (Å²) in [6.45, 7) is 9.02. The van der Waals surface area contributed by atoms with Crippen LogP contribution in [0.25, 0.3) is 0 Å². The Labute approximate surface area is 178 Å². The van der Waals surface area contributed by atoms with Crippen LogP contribution in [0.4, 0.5) is 0 Å². The first-order valence-electron chi connectivity index (χ1n) is 10.3. The van der Waals surface area contributed by atoms with Crippen molar-refractivity contribution in [2.24, 2.45) is 5.73 Å². The molecule has 174 valence electrons. The van der Waals surface area contributed by atoms with E-state index in [9.17, 15) is 8.42 Å². The van der Waals surface area contributed by atoms with Crippen molar-refractivity contribution in [2.75, 3.05) is 84.0 Å². The molecule has 1 aromatic heterocycles.